The maximum Gasteiger partial charge on any atom is 0.150 e. The Morgan fingerprint density at radius 2 is 1.95 bits per heavy atom. The number of nitrogens with two attached hydrogens (primary N) is 1. The molecule has 0 spiro atoms. The largest absolute Gasteiger partial charge is 0.345 e. The van der Waals surface area contributed by atoms with E-state index in [2.05, 4.69) is 74.4 Å². The minimum absolute atomic E-state index is 0.278. The van der Waals surface area contributed by atoms with E-state index < -0.39 is 0 Å². The maximum absolute atomic E-state index is 6.67. The summed E-state index contributed by atoms with van der Waals surface area (Å²) in [5, 5.41) is 0. The van der Waals surface area contributed by atoms with Crippen molar-refractivity contribution in [2.75, 3.05) is 19.6 Å². The lowest BCUT2D eigenvalue weighted by Gasteiger charge is -2.39. The van der Waals surface area contributed by atoms with E-state index >= 15 is 0 Å². The van der Waals surface area contributed by atoms with Crippen LogP contribution >= 0.6 is 0 Å². The van der Waals surface area contributed by atoms with Crippen LogP contribution in [0.4, 0.5) is 0 Å². The van der Waals surface area contributed by atoms with Crippen molar-refractivity contribution in [1.29, 1.82) is 0 Å². The molecule has 0 aromatic rings. The SMILES string of the molecule is C#CC/C=C(\C=C/CN1CC(C(=C=CC)C(=C)C(C)C)=N/C(=C/C)C1=NCC(=C)/C=C\CCC=C)C1(N)CCC1. The minimum Gasteiger partial charge on any atom is -0.345 e. The Kier molecular flexibility index (Phi) is 13.4. The standard InChI is InChI=1S/C36H48N4/c1-9-13-15-16-20-29(7)26-38-35-33(12-4)39-34(32(19-11-3)30(8)28(5)6)27-40(35)25-17-22-31(21-14-10-2)36(37)23-18-24-36/h2,9,11-12,16-17,20-22,28H,1,7-8,13-15,18,23-27,37H2,3-6H3/b20-16-,22-17-,31-21+,33-12+,38-35?. The number of amidine groups is 1. The molecule has 0 unspecified atom stereocenters. The number of allylic oxidation sites excluding steroid dienone is 5. The van der Waals surface area contributed by atoms with Gasteiger partial charge in [-0.1, -0.05) is 69.5 Å². The highest BCUT2D eigenvalue weighted by molar-refractivity contribution is 6.13. The molecule has 2 N–H and O–H groups in total. The Bertz CT molecular complexity index is 1230. The molecule has 0 aromatic heterocycles. The van der Waals surface area contributed by atoms with Crippen molar-refractivity contribution >= 4 is 11.5 Å². The highest BCUT2D eigenvalue weighted by atomic mass is 15.2. The lowest BCUT2D eigenvalue weighted by Crippen LogP contribution is -2.47. The van der Waals surface area contributed by atoms with Gasteiger partial charge in [0.25, 0.3) is 0 Å². The maximum atomic E-state index is 6.67. The summed E-state index contributed by atoms with van der Waals surface area (Å²) in [4.78, 5) is 12.3. The van der Waals surface area contributed by atoms with E-state index in [1.165, 1.54) is 0 Å². The van der Waals surface area contributed by atoms with E-state index in [9.17, 15) is 0 Å². The van der Waals surface area contributed by atoms with Gasteiger partial charge in [0, 0.05) is 24.1 Å². The fourth-order valence-electron chi connectivity index (χ4n) is 4.56. The molecule has 2 aliphatic rings. The van der Waals surface area contributed by atoms with Gasteiger partial charge < -0.3 is 10.6 Å². The number of aliphatic imine (C=N–C) groups is 2. The summed E-state index contributed by atoms with van der Waals surface area (Å²) in [6, 6.07) is 0. The van der Waals surface area contributed by atoms with E-state index in [1.807, 2.05) is 38.2 Å². The summed E-state index contributed by atoms with van der Waals surface area (Å²) in [7, 11) is 0. The fourth-order valence-corrected chi connectivity index (χ4v) is 4.56. The molecule has 40 heavy (non-hydrogen) atoms. The Hall–Kier alpha value is -3.64. The van der Waals surface area contributed by atoms with Gasteiger partial charge in [-0.2, -0.15) is 0 Å². The molecule has 0 radical (unpaired) electrons. The van der Waals surface area contributed by atoms with Crippen LogP contribution in [-0.4, -0.2) is 41.6 Å². The molecular weight excluding hydrogens is 488 g/mol. The molecule has 0 aromatic carbocycles. The second kappa shape index (κ2) is 16.5. The molecule has 4 heteroatoms. The number of nitrogens with zero attached hydrogens (tertiary/aromatic N) is 3. The zero-order valence-electron chi connectivity index (χ0n) is 25.2. The summed E-state index contributed by atoms with van der Waals surface area (Å²) in [6.45, 7) is 22.4. The van der Waals surface area contributed by atoms with Crippen LogP contribution in [0.1, 0.15) is 66.2 Å². The highest BCUT2D eigenvalue weighted by Crippen LogP contribution is 2.36. The van der Waals surface area contributed by atoms with Crippen molar-refractivity contribution in [3.63, 3.8) is 0 Å². The predicted octanol–water partition coefficient (Wildman–Crippen LogP) is 7.82. The van der Waals surface area contributed by atoms with Crippen molar-refractivity contribution in [2.24, 2.45) is 21.6 Å². The second-order valence-electron chi connectivity index (χ2n) is 10.6. The minimum atomic E-state index is -0.278. The summed E-state index contributed by atoms with van der Waals surface area (Å²) in [6.07, 6.45) is 27.6. The van der Waals surface area contributed by atoms with Crippen LogP contribution in [0.2, 0.25) is 0 Å². The topological polar surface area (TPSA) is 54.0 Å². The molecule has 0 amide bonds. The van der Waals surface area contributed by atoms with Gasteiger partial charge in [0.15, 0.2) is 5.84 Å². The average molecular weight is 537 g/mol. The van der Waals surface area contributed by atoms with Crippen molar-refractivity contribution in [1.82, 2.24) is 4.90 Å². The molecule has 1 fully saturated rings. The van der Waals surface area contributed by atoms with Crippen LogP contribution in [0.15, 0.2) is 112 Å². The van der Waals surface area contributed by atoms with Crippen molar-refractivity contribution in [3.8, 4) is 12.3 Å². The van der Waals surface area contributed by atoms with Gasteiger partial charge in [-0.3, -0.25) is 4.99 Å². The molecule has 1 aliphatic heterocycles. The van der Waals surface area contributed by atoms with Gasteiger partial charge in [0.1, 0.15) is 5.70 Å². The van der Waals surface area contributed by atoms with Crippen molar-refractivity contribution in [3.05, 3.63) is 102 Å². The Morgan fingerprint density at radius 3 is 2.52 bits per heavy atom. The van der Waals surface area contributed by atoms with Crippen LogP contribution in [-0.2, 0) is 0 Å². The first-order valence-corrected chi connectivity index (χ1v) is 14.4. The molecule has 0 bridgehead atoms. The normalized spacial score (nSPS) is 19.0. The second-order valence-corrected chi connectivity index (χ2v) is 10.6. The predicted molar refractivity (Wildman–Crippen MR) is 175 cm³/mol. The quantitative estimate of drug-likeness (QED) is 0.0809. The zero-order chi connectivity index (χ0) is 29.5. The number of hydrogen-bond acceptors (Lipinski definition) is 3. The van der Waals surface area contributed by atoms with E-state index in [-0.39, 0.29) is 11.5 Å². The average Bonchev–Trinajstić information content (AvgIpc) is 2.92. The molecular formula is C36H48N4. The first-order chi connectivity index (χ1) is 19.2. The molecule has 4 nitrogen and oxygen atoms in total. The number of hydrogen-bond donors (Lipinski definition) is 1. The smallest absolute Gasteiger partial charge is 0.150 e. The third-order valence-corrected chi connectivity index (χ3v) is 7.20. The molecule has 1 aliphatic carbocycles. The van der Waals surface area contributed by atoms with Crippen LogP contribution in [0, 0.1) is 18.3 Å². The third-order valence-electron chi connectivity index (χ3n) is 7.20. The first kappa shape index (κ1) is 32.6. The Balaban J connectivity index is 2.44. The van der Waals surface area contributed by atoms with Crippen LogP contribution in [0.3, 0.4) is 0 Å². The number of terminal acetylenes is 1. The van der Waals surface area contributed by atoms with Crippen LogP contribution in [0.25, 0.3) is 0 Å². The third kappa shape index (κ3) is 9.23. The Labute approximate surface area is 243 Å². The lowest BCUT2D eigenvalue weighted by molar-refractivity contribution is 0.303. The van der Waals surface area contributed by atoms with Gasteiger partial charge in [-0.05, 0) is 74.7 Å². The molecule has 0 atom stereocenters. The summed E-state index contributed by atoms with van der Waals surface area (Å²) >= 11 is 0. The molecule has 2 rings (SSSR count). The molecule has 0 saturated heterocycles. The van der Waals surface area contributed by atoms with Gasteiger partial charge in [0.05, 0.1) is 18.8 Å². The van der Waals surface area contributed by atoms with E-state index in [0.717, 1.165) is 71.6 Å². The van der Waals surface area contributed by atoms with Crippen molar-refractivity contribution in [2.45, 2.75) is 71.8 Å². The molecule has 212 valence electrons. The Morgan fingerprint density at radius 1 is 1.20 bits per heavy atom. The van der Waals surface area contributed by atoms with E-state index in [4.69, 9.17) is 22.1 Å². The van der Waals surface area contributed by atoms with Crippen LogP contribution < -0.4 is 5.73 Å². The van der Waals surface area contributed by atoms with Gasteiger partial charge in [0.2, 0.25) is 0 Å². The van der Waals surface area contributed by atoms with Gasteiger partial charge in [-0.15, -0.1) is 24.7 Å². The molecule has 1 heterocycles. The van der Waals surface area contributed by atoms with Crippen LogP contribution in [0.5, 0.6) is 0 Å². The lowest BCUT2D eigenvalue weighted by atomic mass is 9.72. The zero-order valence-corrected chi connectivity index (χ0v) is 25.2. The fraction of sp³-hybridized carbons (Fsp3) is 0.417. The van der Waals surface area contributed by atoms with Gasteiger partial charge >= 0.3 is 0 Å². The number of unbranched alkanes of at least 4 members (excludes halogenated alkanes) is 1. The summed E-state index contributed by atoms with van der Waals surface area (Å²) < 4.78 is 0. The number of rotatable bonds is 14. The van der Waals surface area contributed by atoms with E-state index in [0.29, 0.717) is 26.1 Å². The van der Waals surface area contributed by atoms with E-state index in [1.54, 1.807) is 0 Å². The first-order valence-electron chi connectivity index (χ1n) is 14.4. The molecule has 1 saturated carbocycles. The summed E-state index contributed by atoms with van der Waals surface area (Å²) in [5.74, 6) is 3.86. The highest BCUT2D eigenvalue weighted by Gasteiger charge is 2.35. The van der Waals surface area contributed by atoms with Gasteiger partial charge in [-0.25, -0.2) is 4.99 Å². The summed E-state index contributed by atoms with van der Waals surface area (Å²) in [5.41, 5.74) is 15.6. The monoisotopic (exact) mass is 536 g/mol. The van der Waals surface area contributed by atoms with Crippen molar-refractivity contribution < 1.29 is 0 Å².